The van der Waals surface area contributed by atoms with Gasteiger partial charge < -0.3 is 5.73 Å². The summed E-state index contributed by atoms with van der Waals surface area (Å²) in [4.78, 5) is 12.5. The molecule has 2 N–H and O–H groups in total. The van der Waals surface area contributed by atoms with E-state index >= 15 is 0 Å². The van der Waals surface area contributed by atoms with Gasteiger partial charge in [0.15, 0.2) is 5.78 Å². The Morgan fingerprint density at radius 3 is 1.74 bits per heavy atom. The molecule has 98 valence electrons. The molecule has 2 aromatic carbocycles. The largest absolute Gasteiger partial charge is 0.321 e. The third-order valence-electron chi connectivity index (χ3n) is 3.11. The minimum Gasteiger partial charge on any atom is -0.321 e. The number of hydrogen-bond acceptors (Lipinski definition) is 3. The molecule has 0 aliphatic heterocycles. The number of rotatable bonds is 5. The fourth-order valence-corrected chi connectivity index (χ4v) is 2.30. The molecule has 0 spiro atoms. The number of ketones is 1. The van der Waals surface area contributed by atoms with Crippen molar-refractivity contribution in [3.8, 4) is 0 Å². The highest BCUT2D eigenvalue weighted by Crippen LogP contribution is 2.26. The van der Waals surface area contributed by atoms with Crippen LogP contribution in [0.4, 0.5) is 0 Å². The van der Waals surface area contributed by atoms with Crippen molar-refractivity contribution in [2.45, 2.75) is 12.0 Å². The van der Waals surface area contributed by atoms with Gasteiger partial charge in [-0.25, -0.2) is 0 Å². The first-order chi connectivity index (χ1) is 9.24. The summed E-state index contributed by atoms with van der Waals surface area (Å²) in [7, 11) is 0. The first-order valence-electron chi connectivity index (χ1n) is 6.24. The van der Waals surface area contributed by atoms with Gasteiger partial charge >= 0.3 is 0 Å². The molecule has 0 bridgehead atoms. The zero-order chi connectivity index (χ0) is 13.7. The SMILES string of the molecule is N[C@@H](CS)C(=O)C(c1ccccc1)c1ccccc1. The number of carbonyl (C=O) groups is 1. The van der Waals surface area contributed by atoms with E-state index in [0.29, 0.717) is 5.75 Å². The number of carbonyl (C=O) groups excluding carboxylic acids is 1. The minimum absolute atomic E-state index is 0.00685. The monoisotopic (exact) mass is 271 g/mol. The van der Waals surface area contributed by atoms with E-state index in [1.807, 2.05) is 60.7 Å². The quantitative estimate of drug-likeness (QED) is 0.821. The Kier molecular flexibility index (Phi) is 4.77. The topological polar surface area (TPSA) is 43.1 Å². The average Bonchev–Trinajstić information content (AvgIpc) is 2.49. The van der Waals surface area contributed by atoms with Crippen molar-refractivity contribution in [1.82, 2.24) is 0 Å². The van der Waals surface area contributed by atoms with Crippen LogP contribution in [-0.2, 0) is 4.79 Å². The summed E-state index contributed by atoms with van der Waals surface area (Å²) in [5, 5.41) is 0. The van der Waals surface area contributed by atoms with Gasteiger partial charge in [-0.3, -0.25) is 4.79 Å². The summed E-state index contributed by atoms with van der Waals surface area (Å²) >= 11 is 4.13. The van der Waals surface area contributed by atoms with Gasteiger partial charge in [0.25, 0.3) is 0 Å². The van der Waals surface area contributed by atoms with E-state index < -0.39 is 6.04 Å². The smallest absolute Gasteiger partial charge is 0.162 e. The minimum atomic E-state index is -0.547. The fraction of sp³-hybridized carbons (Fsp3) is 0.188. The number of nitrogens with two attached hydrogens (primary N) is 1. The third-order valence-corrected chi connectivity index (χ3v) is 3.51. The second-order valence-electron chi connectivity index (χ2n) is 4.45. The predicted octanol–water partition coefficient (Wildman–Crippen LogP) is 2.64. The zero-order valence-corrected chi connectivity index (χ0v) is 11.5. The number of benzene rings is 2. The van der Waals surface area contributed by atoms with Crippen LogP contribution in [-0.4, -0.2) is 17.6 Å². The summed E-state index contributed by atoms with van der Waals surface area (Å²) in [6, 6.07) is 18.9. The molecular formula is C16H17NOS. The molecule has 0 saturated heterocycles. The molecule has 0 aliphatic rings. The highest BCUT2D eigenvalue weighted by molar-refractivity contribution is 7.80. The Hall–Kier alpha value is -1.58. The Bertz CT molecular complexity index is 487. The number of thiol groups is 1. The molecule has 0 unspecified atom stereocenters. The van der Waals surface area contributed by atoms with Crippen molar-refractivity contribution >= 4 is 18.4 Å². The van der Waals surface area contributed by atoms with E-state index in [2.05, 4.69) is 12.6 Å². The Morgan fingerprint density at radius 1 is 0.947 bits per heavy atom. The van der Waals surface area contributed by atoms with Gasteiger partial charge in [-0.2, -0.15) is 12.6 Å². The summed E-state index contributed by atoms with van der Waals surface area (Å²) < 4.78 is 0. The molecular weight excluding hydrogens is 254 g/mol. The van der Waals surface area contributed by atoms with Gasteiger partial charge in [0, 0.05) is 5.75 Å². The lowest BCUT2D eigenvalue weighted by atomic mass is 9.85. The summed E-state index contributed by atoms with van der Waals surface area (Å²) in [6.45, 7) is 0. The highest BCUT2D eigenvalue weighted by atomic mass is 32.1. The normalized spacial score (nSPS) is 12.4. The van der Waals surface area contributed by atoms with Gasteiger partial charge in [-0.15, -0.1) is 0 Å². The van der Waals surface area contributed by atoms with Crippen LogP contribution in [0, 0.1) is 0 Å². The van der Waals surface area contributed by atoms with Crippen molar-refractivity contribution in [3.05, 3.63) is 71.8 Å². The van der Waals surface area contributed by atoms with Crippen LogP contribution >= 0.6 is 12.6 Å². The molecule has 2 rings (SSSR count). The Morgan fingerprint density at radius 2 is 1.37 bits per heavy atom. The molecule has 3 heteroatoms. The van der Waals surface area contributed by atoms with Gasteiger partial charge in [0.1, 0.15) is 0 Å². The van der Waals surface area contributed by atoms with Gasteiger partial charge in [0.05, 0.1) is 12.0 Å². The van der Waals surface area contributed by atoms with Crippen molar-refractivity contribution in [2.75, 3.05) is 5.75 Å². The van der Waals surface area contributed by atoms with Crippen LogP contribution in [0.15, 0.2) is 60.7 Å². The van der Waals surface area contributed by atoms with Crippen LogP contribution in [0.1, 0.15) is 17.0 Å². The van der Waals surface area contributed by atoms with Crippen molar-refractivity contribution in [2.24, 2.45) is 5.73 Å². The molecule has 0 aliphatic carbocycles. The Balaban J connectivity index is 2.43. The maximum Gasteiger partial charge on any atom is 0.162 e. The fourth-order valence-electron chi connectivity index (χ4n) is 2.12. The molecule has 0 fully saturated rings. The van der Waals surface area contributed by atoms with E-state index in [0.717, 1.165) is 11.1 Å². The van der Waals surface area contributed by atoms with Crippen molar-refractivity contribution < 1.29 is 4.79 Å². The van der Waals surface area contributed by atoms with Crippen LogP contribution in [0.3, 0.4) is 0 Å². The summed E-state index contributed by atoms with van der Waals surface area (Å²) in [5.74, 6) is 0.0478. The lowest BCUT2D eigenvalue weighted by Gasteiger charge is -2.20. The van der Waals surface area contributed by atoms with E-state index in [1.54, 1.807) is 0 Å². The second kappa shape index (κ2) is 6.55. The third kappa shape index (κ3) is 3.25. The van der Waals surface area contributed by atoms with Crippen LogP contribution in [0.25, 0.3) is 0 Å². The van der Waals surface area contributed by atoms with E-state index in [-0.39, 0.29) is 11.7 Å². The lowest BCUT2D eigenvalue weighted by Crippen LogP contribution is -2.36. The maximum atomic E-state index is 12.5. The molecule has 2 nitrogen and oxygen atoms in total. The lowest BCUT2D eigenvalue weighted by molar-refractivity contribution is -0.120. The van der Waals surface area contributed by atoms with Crippen LogP contribution in [0.2, 0.25) is 0 Å². The molecule has 0 aromatic heterocycles. The average molecular weight is 271 g/mol. The highest BCUT2D eigenvalue weighted by Gasteiger charge is 2.26. The van der Waals surface area contributed by atoms with Gasteiger partial charge in [0.2, 0.25) is 0 Å². The Labute approximate surface area is 119 Å². The molecule has 0 radical (unpaired) electrons. The summed E-state index contributed by atoms with van der Waals surface area (Å²) in [5.41, 5.74) is 7.80. The molecule has 0 amide bonds. The van der Waals surface area contributed by atoms with Gasteiger partial charge in [-0.1, -0.05) is 60.7 Å². The zero-order valence-electron chi connectivity index (χ0n) is 10.6. The maximum absolute atomic E-state index is 12.5. The standard InChI is InChI=1S/C16H17NOS/c17-14(11-19)16(18)15(12-7-3-1-4-8-12)13-9-5-2-6-10-13/h1-10,14-15,19H,11,17H2/t14-/m0/s1. The molecule has 0 heterocycles. The molecule has 0 saturated carbocycles. The van der Waals surface area contributed by atoms with E-state index in [9.17, 15) is 4.79 Å². The van der Waals surface area contributed by atoms with Crippen molar-refractivity contribution in [1.29, 1.82) is 0 Å². The summed E-state index contributed by atoms with van der Waals surface area (Å²) in [6.07, 6.45) is 0. The van der Waals surface area contributed by atoms with Crippen molar-refractivity contribution in [3.63, 3.8) is 0 Å². The van der Waals surface area contributed by atoms with Gasteiger partial charge in [-0.05, 0) is 11.1 Å². The molecule has 2 aromatic rings. The van der Waals surface area contributed by atoms with Crippen LogP contribution < -0.4 is 5.73 Å². The number of hydrogen-bond donors (Lipinski definition) is 2. The van der Waals surface area contributed by atoms with E-state index in [4.69, 9.17) is 5.73 Å². The first-order valence-corrected chi connectivity index (χ1v) is 6.87. The predicted molar refractivity (Wildman–Crippen MR) is 81.6 cm³/mol. The van der Waals surface area contributed by atoms with Crippen LogP contribution in [0.5, 0.6) is 0 Å². The molecule has 19 heavy (non-hydrogen) atoms. The molecule has 1 atom stereocenters. The van der Waals surface area contributed by atoms with E-state index in [1.165, 1.54) is 0 Å². The second-order valence-corrected chi connectivity index (χ2v) is 4.81. The number of Topliss-reactive ketones (excluding diaryl/α,β-unsaturated/α-hetero) is 1. The first kappa shape index (κ1) is 13.8.